The van der Waals surface area contributed by atoms with Crippen molar-refractivity contribution in [2.75, 3.05) is 11.1 Å². The van der Waals surface area contributed by atoms with Gasteiger partial charge in [0.15, 0.2) is 0 Å². The number of nitrogens with one attached hydrogen (secondary N) is 1. The molecule has 0 bridgehead atoms. The van der Waals surface area contributed by atoms with Gasteiger partial charge in [-0.15, -0.1) is 10.2 Å². The van der Waals surface area contributed by atoms with Gasteiger partial charge in [-0.2, -0.15) is 0 Å². The van der Waals surface area contributed by atoms with Crippen molar-refractivity contribution in [2.45, 2.75) is 5.22 Å². The molecule has 0 aliphatic carbocycles. The molecule has 7 nitrogen and oxygen atoms in total. The second kappa shape index (κ2) is 7.46. The Morgan fingerprint density at radius 2 is 1.85 bits per heavy atom. The zero-order chi connectivity index (χ0) is 18.6. The summed E-state index contributed by atoms with van der Waals surface area (Å²) in [5.74, 6) is 0.323. The largest absolute Gasteiger partial charge is 0.423 e. The molecule has 27 heavy (non-hydrogen) atoms. The molecule has 0 radical (unpaired) electrons. The Balaban J connectivity index is 1.38. The van der Waals surface area contributed by atoms with Crippen LogP contribution in [0, 0.1) is 0 Å². The lowest BCUT2D eigenvalue weighted by atomic mass is 10.2. The van der Waals surface area contributed by atoms with E-state index in [4.69, 9.17) is 8.83 Å². The number of anilines is 1. The summed E-state index contributed by atoms with van der Waals surface area (Å²) in [5, 5.41) is 11.8. The monoisotopic (exact) mass is 379 g/mol. The summed E-state index contributed by atoms with van der Waals surface area (Å²) in [6, 6.07) is 17.5. The summed E-state index contributed by atoms with van der Waals surface area (Å²) in [6.45, 7) is 0. The molecule has 1 amide bonds. The topological polar surface area (TPSA) is 98.2 Å². The minimum atomic E-state index is -0.412. The van der Waals surface area contributed by atoms with Crippen LogP contribution in [-0.4, -0.2) is 21.9 Å². The Labute approximate surface area is 157 Å². The van der Waals surface area contributed by atoms with Crippen LogP contribution in [0.1, 0.15) is 0 Å². The number of carbonyl (C=O) groups is 1. The zero-order valence-electron chi connectivity index (χ0n) is 13.9. The molecule has 0 saturated heterocycles. The molecule has 0 aliphatic heterocycles. The third-order valence-corrected chi connectivity index (χ3v) is 4.48. The fraction of sp³-hybridized carbons (Fsp3) is 0.0526. The average molecular weight is 379 g/mol. The van der Waals surface area contributed by atoms with Crippen molar-refractivity contribution in [3.05, 3.63) is 71.1 Å². The van der Waals surface area contributed by atoms with Crippen LogP contribution in [0.5, 0.6) is 0 Å². The molecule has 8 heteroatoms. The van der Waals surface area contributed by atoms with Crippen LogP contribution in [0.2, 0.25) is 0 Å². The Morgan fingerprint density at radius 1 is 1.00 bits per heavy atom. The van der Waals surface area contributed by atoms with Crippen molar-refractivity contribution in [3.63, 3.8) is 0 Å². The van der Waals surface area contributed by atoms with Crippen molar-refractivity contribution in [1.82, 2.24) is 10.2 Å². The number of amides is 1. The Morgan fingerprint density at radius 3 is 2.70 bits per heavy atom. The van der Waals surface area contributed by atoms with Crippen molar-refractivity contribution in [1.29, 1.82) is 0 Å². The summed E-state index contributed by atoms with van der Waals surface area (Å²) in [5.41, 5.74) is 1.49. The van der Waals surface area contributed by atoms with Gasteiger partial charge in [-0.1, -0.05) is 30.0 Å². The van der Waals surface area contributed by atoms with E-state index in [1.165, 1.54) is 6.07 Å². The van der Waals surface area contributed by atoms with Crippen LogP contribution >= 0.6 is 11.8 Å². The number of fused-ring (bicyclic) bond motifs is 1. The molecule has 4 aromatic rings. The molecule has 0 aliphatic rings. The van der Waals surface area contributed by atoms with Gasteiger partial charge < -0.3 is 14.2 Å². The lowest BCUT2D eigenvalue weighted by Gasteiger charge is -2.05. The highest BCUT2D eigenvalue weighted by Crippen LogP contribution is 2.23. The summed E-state index contributed by atoms with van der Waals surface area (Å²) in [6.07, 6.45) is 0. The van der Waals surface area contributed by atoms with E-state index in [-0.39, 0.29) is 11.7 Å². The summed E-state index contributed by atoms with van der Waals surface area (Å²) in [7, 11) is 0. The highest BCUT2D eigenvalue weighted by molar-refractivity contribution is 7.99. The average Bonchev–Trinajstić information content (AvgIpc) is 3.16. The number of hydrogen-bond donors (Lipinski definition) is 1. The first-order valence-electron chi connectivity index (χ1n) is 8.03. The first kappa shape index (κ1) is 17.0. The summed E-state index contributed by atoms with van der Waals surface area (Å²) < 4.78 is 10.6. The maximum atomic E-state index is 12.2. The molecule has 1 N–H and O–H groups in total. The molecule has 0 fully saturated rings. The second-order valence-electron chi connectivity index (χ2n) is 5.58. The summed E-state index contributed by atoms with van der Waals surface area (Å²) >= 11 is 1.16. The number of rotatable bonds is 5. The molecule has 0 saturated carbocycles. The van der Waals surface area contributed by atoms with E-state index in [0.717, 1.165) is 22.7 Å². The highest BCUT2D eigenvalue weighted by atomic mass is 32.2. The van der Waals surface area contributed by atoms with E-state index in [1.54, 1.807) is 24.3 Å². The smallest absolute Gasteiger partial charge is 0.336 e. The van der Waals surface area contributed by atoms with Crippen molar-refractivity contribution < 1.29 is 13.6 Å². The quantitative estimate of drug-likeness (QED) is 0.418. The molecule has 2 aromatic heterocycles. The van der Waals surface area contributed by atoms with E-state index < -0.39 is 5.63 Å². The van der Waals surface area contributed by atoms with Crippen molar-refractivity contribution in [2.24, 2.45) is 0 Å². The third-order valence-electron chi connectivity index (χ3n) is 3.66. The van der Waals surface area contributed by atoms with E-state index in [1.807, 2.05) is 30.3 Å². The first-order chi connectivity index (χ1) is 13.2. The van der Waals surface area contributed by atoms with Crippen LogP contribution < -0.4 is 10.9 Å². The van der Waals surface area contributed by atoms with Crippen LogP contribution in [0.25, 0.3) is 22.4 Å². The molecule has 0 atom stereocenters. The number of hydrogen-bond acceptors (Lipinski definition) is 7. The molecular weight excluding hydrogens is 366 g/mol. The number of carbonyl (C=O) groups excluding carboxylic acids is 1. The predicted octanol–water partition coefficient (Wildman–Crippen LogP) is 3.57. The van der Waals surface area contributed by atoms with Crippen molar-refractivity contribution >= 4 is 34.3 Å². The molecule has 4 rings (SSSR count). The molecular formula is C19H13N3O4S. The fourth-order valence-corrected chi connectivity index (χ4v) is 3.00. The SMILES string of the molecule is O=C(CSc1nnc(-c2ccccc2)o1)Nc1ccc2oc(=O)ccc2c1. The molecule has 0 spiro atoms. The van der Waals surface area contributed by atoms with Crippen LogP contribution in [-0.2, 0) is 4.79 Å². The number of aromatic nitrogens is 2. The minimum Gasteiger partial charge on any atom is -0.423 e. The third kappa shape index (κ3) is 4.06. The van der Waals surface area contributed by atoms with Gasteiger partial charge in [0.05, 0.1) is 5.75 Å². The van der Waals surface area contributed by atoms with Gasteiger partial charge in [0.2, 0.25) is 11.8 Å². The van der Waals surface area contributed by atoms with Gasteiger partial charge in [-0.25, -0.2) is 4.79 Å². The first-order valence-corrected chi connectivity index (χ1v) is 9.01. The van der Waals surface area contributed by atoms with Gasteiger partial charge in [-0.05, 0) is 36.4 Å². The molecule has 0 unspecified atom stereocenters. The number of thioether (sulfide) groups is 1. The molecule has 2 heterocycles. The normalized spacial score (nSPS) is 10.8. The minimum absolute atomic E-state index is 0.123. The van der Waals surface area contributed by atoms with Crippen LogP contribution in [0.15, 0.2) is 79.5 Å². The number of nitrogens with zero attached hydrogens (tertiary/aromatic N) is 2. The standard InChI is InChI=1S/C19H13N3O4S/c23-16(20-14-7-8-15-13(10-14)6-9-17(24)25-15)11-27-19-22-21-18(26-19)12-4-2-1-3-5-12/h1-10H,11H2,(H,20,23). The van der Waals surface area contributed by atoms with Gasteiger partial charge in [0, 0.05) is 22.7 Å². The highest BCUT2D eigenvalue weighted by Gasteiger charge is 2.11. The lowest BCUT2D eigenvalue weighted by Crippen LogP contribution is -2.14. The number of benzene rings is 2. The lowest BCUT2D eigenvalue weighted by molar-refractivity contribution is -0.113. The van der Waals surface area contributed by atoms with E-state index in [0.29, 0.717) is 22.4 Å². The van der Waals surface area contributed by atoms with Gasteiger partial charge >= 0.3 is 5.63 Å². The van der Waals surface area contributed by atoms with Gasteiger partial charge in [0.25, 0.3) is 5.22 Å². The van der Waals surface area contributed by atoms with E-state index >= 15 is 0 Å². The van der Waals surface area contributed by atoms with Crippen LogP contribution in [0.3, 0.4) is 0 Å². The van der Waals surface area contributed by atoms with E-state index in [9.17, 15) is 9.59 Å². The Hall–Kier alpha value is -3.39. The maximum Gasteiger partial charge on any atom is 0.336 e. The zero-order valence-corrected chi connectivity index (χ0v) is 14.7. The fourth-order valence-electron chi connectivity index (χ4n) is 2.44. The maximum absolute atomic E-state index is 12.2. The van der Waals surface area contributed by atoms with Crippen molar-refractivity contribution in [3.8, 4) is 11.5 Å². The molecule has 2 aromatic carbocycles. The van der Waals surface area contributed by atoms with Gasteiger partial charge in [0.1, 0.15) is 5.58 Å². The predicted molar refractivity (Wildman–Crippen MR) is 102 cm³/mol. The van der Waals surface area contributed by atoms with Crippen LogP contribution in [0.4, 0.5) is 5.69 Å². The Bertz CT molecular complexity index is 1150. The molecule has 134 valence electrons. The summed E-state index contributed by atoms with van der Waals surface area (Å²) in [4.78, 5) is 23.4. The van der Waals surface area contributed by atoms with Gasteiger partial charge in [-0.3, -0.25) is 4.79 Å². The Kier molecular flexibility index (Phi) is 4.71. The van der Waals surface area contributed by atoms with E-state index in [2.05, 4.69) is 15.5 Å². The second-order valence-corrected chi connectivity index (χ2v) is 6.51.